The van der Waals surface area contributed by atoms with Gasteiger partial charge in [-0.1, -0.05) is 0 Å². The van der Waals surface area contributed by atoms with Gasteiger partial charge < -0.3 is 29.9 Å². The molecule has 0 bridgehead atoms. The van der Waals surface area contributed by atoms with Crippen LogP contribution in [0.3, 0.4) is 0 Å². The van der Waals surface area contributed by atoms with E-state index in [1.165, 1.54) is 0 Å². The first-order chi connectivity index (χ1) is 7.15. The first-order valence-electron chi connectivity index (χ1n) is 5.00. The van der Waals surface area contributed by atoms with Crippen LogP contribution in [0, 0.1) is 0 Å². The maximum absolute atomic E-state index is 9.69. The third-order valence-electron chi connectivity index (χ3n) is 2.50. The second kappa shape index (κ2) is 5.74. The highest BCUT2D eigenvalue weighted by Crippen LogP contribution is 2.23. The minimum Gasteiger partial charge on any atom is -0.394 e. The lowest BCUT2D eigenvalue weighted by molar-refractivity contribution is -0.246. The average Bonchev–Trinajstić information content (AvgIpc) is 2.25. The summed E-state index contributed by atoms with van der Waals surface area (Å²) in [6.45, 7) is 1.35. The van der Waals surface area contributed by atoms with E-state index < -0.39 is 37.1 Å². The second-order valence-electron chi connectivity index (χ2n) is 3.48. The van der Waals surface area contributed by atoms with Crippen molar-refractivity contribution in [3.8, 4) is 0 Å². The molecule has 0 radical (unpaired) electrons. The monoisotopic (exact) mass is 222 g/mol. The lowest BCUT2D eigenvalue weighted by Crippen LogP contribution is -2.60. The summed E-state index contributed by atoms with van der Waals surface area (Å²) in [7, 11) is 0. The van der Waals surface area contributed by atoms with Crippen LogP contribution in [0.5, 0.6) is 0 Å². The molecule has 1 aliphatic heterocycles. The number of hydrogen-bond acceptors (Lipinski definition) is 6. The van der Waals surface area contributed by atoms with Crippen molar-refractivity contribution in [3.05, 3.63) is 0 Å². The molecule has 6 nitrogen and oxygen atoms in total. The zero-order chi connectivity index (χ0) is 11.4. The lowest BCUT2D eigenvalue weighted by Gasteiger charge is -2.41. The van der Waals surface area contributed by atoms with Crippen molar-refractivity contribution >= 4 is 0 Å². The van der Waals surface area contributed by atoms with E-state index >= 15 is 0 Å². The Bertz CT molecular complexity index is 185. The molecule has 5 atom stereocenters. The summed E-state index contributed by atoms with van der Waals surface area (Å²) in [6.07, 6.45) is -4.73. The maximum Gasteiger partial charge on any atom is 0.114 e. The van der Waals surface area contributed by atoms with Gasteiger partial charge in [-0.3, -0.25) is 0 Å². The summed E-state index contributed by atoms with van der Waals surface area (Å²) < 4.78 is 10.4. The largest absolute Gasteiger partial charge is 0.394 e. The number of hydrogen-bond donors (Lipinski definition) is 4. The van der Waals surface area contributed by atoms with Crippen molar-refractivity contribution in [2.24, 2.45) is 0 Å². The first-order valence-corrected chi connectivity index (χ1v) is 5.00. The van der Waals surface area contributed by atoms with Gasteiger partial charge in [0.2, 0.25) is 0 Å². The van der Waals surface area contributed by atoms with E-state index in [-0.39, 0.29) is 6.61 Å². The van der Waals surface area contributed by atoms with Crippen molar-refractivity contribution < 1.29 is 29.9 Å². The molecule has 0 aromatic rings. The van der Waals surface area contributed by atoms with E-state index in [1.807, 2.05) is 0 Å². The van der Waals surface area contributed by atoms with Crippen molar-refractivity contribution in [2.45, 2.75) is 37.4 Å². The molecule has 0 aliphatic carbocycles. The SMILES string of the molecule is CCO[C@@H]1C(CO)O[C@H](CO)C(O)C1O. The molecule has 0 spiro atoms. The predicted molar refractivity (Wildman–Crippen MR) is 50.3 cm³/mol. The minimum atomic E-state index is -1.20. The van der Waals surface area contributed by atoms with Crippen LogP contribution in [0.25, 0.3) is 0 Å². The summed E-state index contributed by atoms with van der Waals surface area (Å²) in [5, 5.41) is 37.2. The van der Waals surface area contributed by atoms with Gasteiger partial charge in [0.25, 0.3) is 0 Å². The van der Waals surface area contributed by atoms with Gasteiger partial charge in [-0.2, -0.15) is 0 Å². The van der Waals surface area contributed by atoms with Crippen LogP contribution in [0.15, 0.2) is 0 Å². The molecular formula is C9H18O6. The normalized spacial score (nSPS) is 41.8. The number of rotatable bonds is 4. The summed E-state index contributed by atoms with van der Waals surface area (Å²) in [4.78, 5) is 0. The number of aliphatic hydroxyl groups is 4. The topological polar surface area (TPSA) is 99.4 Å². The molecule has 1 aliphatic rings. The molecule has 15 heavy (non-hydrogen) atoms. The van der Waals surface area contributed by atoms with Gasteiger partial charge in [-0.15, -0.1) is 0 Å². The molecule has 4 N–H and O–H groups in total. The Morgan fingerprint density at radius 2 is 1.67 bits per heavy atom. The van der Waals surface area contributed by atoms with E-state index in [0.717, 1.165) is 0 Å². The molecule has 3 unspecified atom stereocenters. The van der Waals surface area contributed by atoms with Crippen LogP contribution < -0.4 is 0 Å². The summed E-state index contributed by atoms with van der Waals surface area (Å²) in [6, 6.07) is 0. The molecule has 0 amide bonds. The Morgan fingerprint density at radius 1 is 1.07 bits per heavy atom. The number of ether oxygens (including phenoxy) is 2. The molecule has 0 saturated carbocycles. The predicted octanol–water partition coefficient (Wildman–Crippen LogP) is -2.13. The van der Waals surface area contributed by atoms with Gasteiger partial charge in [0.1, 0.15) is 30.5 Å². The highest BCUT2D eigenvalue weighted by molar-refractivity contribution is 4.92. The van der Waals surface area contributed by atoms with E-state index in [4.69, 9.17) is 19.7 Å². The maximum atomic E-state index is 9.69. The third-order valence-corrected chi connectivity index (χ3v) is 2.50. The molecule has 1 rings (SSSR count). The molecule has 1 fully saturated rings. The van der Waals surface area contributed by atoms with E-state index in [9.17, 15) is 10.2 Å². The number of aliphatic hydroxyl groups excluding tert-OH is 4. The Hall–Kier alpha value is -0.240. The standard InChI is InChI=1S/C9H18O6/c1-2-14-9-6(4-11)15-5(3-10)7(12)8(9)13/h5-13H,2-4H2,1H3/t5-,6?,7?,8?,9-/m1/s1. The molecular weight excluding hydrogens is 204 g/mol. The quantitative estimate of drug-likeness (QED) is 0.433. The van der Waals surface area contributed by atoms with Gasteiger partial charge >= 0.3 is 0 Å². The Kier molecular flexibility index (Phi) is 4.91. The van der Waals surface area contributed by atoms with Crippen molar-refractivity contribution in [1.82, 2.24) is 0 Å². The average molecular weight is 222 g/mol. The smallest absolute Gasteiger partial charge is 0.114 e. The molecule has 0 aromatic heterocycles. The second-order valence-corrected chi connectivity index (χ2v) is 3.48. The van der Waals surface area contributed by atoms with Gasteiger partial charge in [-0.05, 0) is 6.92 Å². The van der Waals surface area contributed by atoms with E-state index in [2.05, 4.69) is 0 Å². The van der Waals surface area contributed by atoms with E-state index in [1.54, 1.807) is 6.92 Å². The van der Waals surface area contributed by atoms with Gasteiger partial charge in [0.05, 0.1) is 13.2 Å². The Morgan fingerprint density at radius 3 is 2.13 bits per heavy atom. The van der Waals surface area contributed by atoms with Crippen LogP contribution >= 0.6 is 0 Å². The van der Waals surface area contributed by atoms with Crippen molar-refractivity contribution in [1.29, 1.82) is 0 Å². The zero-order valence-electron chi connectivity index (χ0n) is 8.61. The fourth-order valence-corrected chi connectivity index (χ4v) is 1.71. The summed E-state index contributed by atoms with van der Waals surface area (Å²) in [5.74, 6) is 0. The lowest BCUT2D eigenvalue weighted by atomic mass is 9.95. The highest BCUT2D eigenvalue weighted by Gasteiger charge is 2.44. The molecule has 1 heterocycles. The molecule has 90 valence electrons. The van der Waals surface area contributed by atoms with Crippen molar-refractivity contribution in [2.75, 3.05) is 19.8 Å². The summed E-state index contributed by atoms with van der Waals surface area (Å²) >= 11 is 0. The Balaban J connectivity index is 2.70. The van der Waals surface area contributed by atoms with Gasteiger partial charge in [-0.25, -0.2) is 0 Å². The third kappa shape index (κ3) is 2.66. The summed E-state index contributed by atoms with van der Waals surface area (Å²) in [5.41, 5.74) is 0. The van der Waals surface area contributed by atoms with Crippen LogP contribution in [0.2, 0.25) is 0 Å². The van der Waals surface area contributed by atoms with Crippen molar-refractivity contribution in [3.63, 3.8) is 0 Å². The van der Waals surface area contributed by atoms with Gasteiger partial charge in [0.15, 0.2) is 0 Å². The fourth-order valence-electron chi connectivity index (χ4n) is 1.71. The highest BCUT2D eigenvalue weighted by atomic mass is 16.6. The zero-order valence-corrected chi connectivity index (χ0v) is 8.61. The molecule has 0 aromatic carbocycles. The first kappa shape index (κ1) is 12.8. The van der Waals surface area contributed by atoms with Crippen LogP contribution in [-0.4, -0.2) is 70.8 Å². The fraction of sp³-hybridized carbons (Fsp3) is 1.00. The van der Waals surface area contributed by atoms with Crippen LogP contribution in [0.1, 0.15) is 6.92 Å². The minimum absolute atomic E-state index is 0.328. The van der Waals surface area contributed by atoms with Gasteiger partial charge in [0, 0.05) is 6.61 Å². The van der Waals surface area contributed by atoms with Crippen LogP contribution in [-0.2, 0) is 9.47 Å². The molecule has 6 heteroatoms. The van der Waals surface area contributed by atoms with E-state index in [0.29, 0.717) is 6.61 Å². The van der Waals surface area contributed by atoms with Crippen LogP contribution in [0.4, 0.5) is 0 Å². The molecule has 1 saturated heterocycles. The Labute approximate surface area is 88.1 Å².